The summed E-state index contributed by atoms with van der Waals surface area (Å²) in [6.07, 6.45) is 5.94. The molecule has 1 atom stereocenters. The standard InChI is InChI=1S/C23H25ClFN3O2/c24-18-14-16(25)7-8-17(18)22(9-2-3-10-22)21(30)28-13-5-11-23(15-28,20(26)29)19-6-1-4-12-27-19/h1,4,6-8,12,14H,2-3,5,9-11,13,15H2,(H2,26,29)/t23-/m1/s1. The molecule has 1 aromatic heterocycles. The Bertz CT molecular complexity index is 962. The molecular formula is C23H25ClFN3O2. The van der Waals surface area contributed by atoms with E-state index in [-0.39, 0.29) is 17.5 Å². The first-order chi connectivity index (χ1) is 14.4. The van der Waals surface area contributed by atoms with Crippen LogP contribution >= 0.6 is 11.6 Å². The van der Waals surface area contributed by atoms with Crippen LogP contribution in [0.2, 0.25) is 5.02 Å². The monoisotopic (exact) mass is 429 g/mol. The number of benzene rings is 1. The number of carbonyl (C=O) groups is 2. The van der Waals surface area contributed by atoms with Crippen molar-refractivity contribution in [2.45, 2.75) is 49.4 Å². The zero-order valence-electron chi connectivity index (χ0n) is 16.7. The van der Waals surface area contributed by atoms with E-state index < -0.39 is 22.6 Å². The number of piperidine rings is 1. The molecular weight excluding hydrogens is 405 g/mol. The topological polar surface area (TPSA) is 76.3 Å². The van der Waals surface area contributed by atoms with Gasteiger partial charge in [0.2, 0.25) is 11.8 Å². The second kappa shape index (κ2) is 7.99. The summed E-state index contributed by atoms with van der Waals surface area (Å²) in [7, 11) is 0. The normalized spacial score (nSPS) is 23.3. The molecule has 1 aliphatic heterocycles. The summed E-state index contributed by atoms with van der Waals surface area (Å²) in [5.74, 6) is -0.959. The molecule has 1 aromatic carbocycles. The summed E-state index contributed by atoms with van der Waals surface area (Å²) in [4.78, 5) is 32.6. The quantitative estimate of drug-likeness (QED) is 0.804. The average molecular weight is 430 g/mol. The fourth-order valence-corrected chi connectivity index (χ4v) is 5.52. The Hall–Kier alpha value is -2.47. The molecule has 1 saturated carbocycles. The van der Waals surface area contributed by atoms with E-state index >= 15 is 0 Å². The van der Waals surface area contributed by atoms with Crippen molar-refractivity contribution in [1.29, 1.82) is 0 Å². The maximum Gasteiger partial charge on any atom is 0.233 e. The van der Waals surface area contributed by atoms with E-state index in [4.69, 9.17) is 17.3 Å². The summed E-state index contributed by atoms with van der Waals surface area (Å²) >= 11 is 6.39. The lowest BCUT2D eigenvalue weighted by Gasteiger charge is -2.44. The van der Waals surface area contributed by atoms with Crippen LogP contribution in [0.15, 0.2) is 42.6 Å². The summed E-state index contributed by atoms with van der Waals surface area (Å²) in [5, 5.41) is 0.271. The molecule has 1 saturated heterocycles. The van der Waals surface area contributed by atoms with Crippen molar-refractivity contribution in [3.63, 3.8) is 0 Å². The Kier molecular flexibility index (Phi) is 5.53. The van der Waals surface area contributed by atoms with Gasteiger partial charge in [0.25, 0.3) is 0 Å². The number of rotatable bonds is 4. The molecule has 5 nitrogen and oxygen atoms in total. The largest absolute Gasteiger partial charge is 0.369 e. The highest BCUT2D eigenvalue weighted by molar-refractivity contribution is 6.31. The number of nitrogens with zero attached hydrogens (tertiary/aromatic N) is 2. The SMILES string of the molecule is NC(=O)[C@]1(c2ccccn2)CCCN(C(=O)C2(c3ccc(F)cc3Cl)CCCC2)C1. The van der Waals surface area contributed by atoms with Crippen molar-refractivity contribution < 1.29 is 14.0 Å². The number of carbonyl (C=O) groups excluding carboxylic acids is 2. The molecule has 0 radical (unpaired) electrons. The number of amides is 2. The van der Waals surface area contributed by atoms with E-state index in [2.05, 4.69) is 4.98 Å². The number of halogens is 2. The number of nitrogens with two attached hydrogens (primary N) is 1. The zero-order chi connectivity index (χ0) is 21.4. The highest BCUT2D eigenvalue weighted by Gasteiger charge is 2.51. The van der Waals surface area contributed by atoms with Gasteiger partial charge in [-0.05, 0) is 55.5 Å². The molecule has 7 heteroatoms. The molecule has 1 aliphatic carbocycles. The molecule has 2 aromatic rings. The minimum atomic E-state index is -1.01. The summed E-state index contributed by atoms with van der Waals surface area (Å²) in [6, 6.07) is 9.65. The third-order valence-corrected chi connectivity index (χ3v) is 7.03. The fourth-order valence-electron chi connectivity index (χ4n) is 5.17. The van der Waals surface area contributed by atoms with Crippen LogP contribution in [0.5, 0.6) is 0 Å². The number of aromatic nitrogens is 1. The minimum Gasteiger partial charge on any atom is -0.369 e. The number of hydrogen-bond donors (Lipinski definition) is 1. The van der Waals surface area contributed by atoms with Gasteiger partial charge in [-0.1, -0.05) is 36.6 Å². The average Bonchev–Trinajstić information content (AvgIpc) is 3.24. The number of pyridine rings is 1. The van der Waals surface area contributed by atoms with Crippen molar-refractivity contribution in [3.05, 3.63) is 64.7 Å². The minimum absolute atomic E-state index is 0.0604. The Labute approximate surface area is 180 Å². The Balaban J connectivity index is 1.71. The molecule has 30 heavy (non-hydrogen) atoms. The van der Waals surface area contributed by atoms with Gasteiger partial charge in [0.15, 0.2) is 0 Å². The van der Waals surface area contributed by atoms with Crippen molar-refractivity contribution in [3.8, 4) is 0 Å². The third kappa shape index (κ3) is 3.37. The zero-order valence-corrected chi connectivity index (χ0v) is 17.5. The van der Waals surface area contributed by atoms with Crippen LogP contribution in [-0.2, 0) is 20.4 Å². The molecule has 158 valence electrons. The predicted molar refractivity (Wildman–Crippen MR) is 112 cm³/mol. The van der Waals surface area contributed by atoms with E-state index in [0.29, 0.717) is 43.5 Å². The molecule has 2 N–H and O–H groups in total. The summed E-state index contributed by atoms with van der Waals surface area (Å²) in [6.45, 7) is 0.736. The number of hydrogen-bond acceptors (Lipinski definition) is 3. The highest BCUT2D eigenvalue weighted by Crippen LogP contribution is 2.46. The predicted octanol–water partition coefficient (Wildman–Crippen LogP) is 3.73. The van der Waals surface area contributed by atoms with E-state index in [1.165, 1.54) is 12.1 Å². The van der Waals surface area contributed by atoms with Crippen LogP contribution in [-0.4, -0.2) is 34.8 Å². The lowest BCUT2D eigenvalue weighted by Crippen LogP contribution is -2.58. The first-order valence-corrected chi connectivity index (χ1v) is 10.7. The molecule has 2 fully saturated rings. The number of likely N-dealkylation sites (tertiary alicyclic amines) is 1. The Morgan fingerprint density at radius 3 is 2.43 bits per heavy atom. The van der Waals surface area contributed by atoms with Crippen LogP contribution in [0.1, 0.15) is 49.8 Å². The first-order valence-electron chi connectivity index (χ1n) is 10.4. The van der Waals surface area contributed by atoms with E-state index in [1.807, 2.05) is 6.07 Å². The van der Waals surface area contributed by atoms with Crippen molar-refractivity contribution in [2.75, 3.05) is 13.1 Å². The van der Waals surface area contributed by atoms with Gasteiger partial charge in [-0.3, -0.25) is 14.6 Å². The van der Waals surface area contributed by atoms with Gasteiger partial charge < -0.3 is 10.6 Å². The number of primary amides is 1. The molecule has 0 spiro atoms. The molecule has 2 heterocycles. The molecule has 4 rings (SSSR count). The van der Waals surface area contributed by atoms with E-state index in [1.54, 1.807) is 29.3 Å². The molecule has 0 bridgehead atoms. The molecule has 0 unspecified atom stereocenters. The summed E-state index contributed by atoms with van der Waals surface area (Å²) in [5.41, 5.74) is 5.31. The van der Waals surface area contributed by atoms with Gasteiger partial charge in [0.05, 0.1) is 11.1 Å². The van der Waals surface area contributed by atoms with Crippen molar-refractivity contribution in [2.24, 2.45) is 5.73 Å². The smallest absolute Gasteiger partial charge is 0.233 e. The van der Waals surface area contributed by atoms with Gasteiger partial charge >= 0.3 is 0 Å². The van der Waals surface area contributed by atoms with Crippen LogP contribution in [0.3, 0.4) is 0 Å². The van der Waals surface area contributed by atoms with Crippen molar-refractivity contribution in [1.82, 2.24) is 9.88 Å². The van der Waals surface area contributed by atoms with Gasteiger partial charge in [0, 0.05) is 24.3 Å². The maximum absolute atomic E-state index is 13.9. The van der Waals surface area contributed by atoms with Crippen LogP contribution < -0.4 is 5.73 Å². The molecule has 2 amide bonds. The van der Waals surface area contributed by atoms with Crippen LogP contribution in [0.4, 0.5) is 4.39 Å². The maximum atomic E-state index is 13.9. The molecule has 2 aliphatic rings. The van der Waals surface area contributed by atoms with Crippen LogP contribution in [0.25, 0.3) is 0 Å². The van der Waals surface area contributed by atoms with E-state index in [0.717, 1.165) is 12.8 Å². The summed E-state index contributed by atoms with van der Waals surface area (Å²) < 4.78 is 13.7. The van der Waals surface area contributed by atoms with E-state index in [9.17, 15) is 14.0 Å². The van der Waals surface area contributed by atoms with Crippen molar-refractivity contribution >= 4 is 23.4 Å². The van der Waals surface area contributed by atoms with Crippen LogP contribution in [0, 0.1) is 5.82 Å². The Morgan fingerprint density at radius 1 is 1.07 bits per heavy atom. The fraction of sp³-hybridized carbons (Fsp3) is 0.435. The lowest BCUT2D eigenvalue weighted by molar-refractivity contribution is -0.141. The van der Waals surface area contributed by atoms with Gasteiger partial charge in [-0.15, -0.1) is 0 Å². The van der Waals surface area contributed by atoms with Gasteiger partial charge in [-0.2, -0.15) is 0 Å². The first kappa shape index (κ1) is 20.8. The van der Waals surface area contributed by atoms with Gasteiger partial charge in [-0.25, -0.2) is 4.39 Å². The lowest BCUT2D eigenvalue weighted by atomic mass is 9.73. The Morgan fingerprint density at radius 2 is 1.80 bits per heavy atom. The third-order valence-electron chi connectivity index (χ3n) is 6.72. The van der Waals surface area contributed by atoms with Gasteiger partial charge in [0.1, 0.15) is 11.2 Å². The highest BCUT2D eigenvalue weighted by atomic mass is 35.5. The second-order valence-corrected chi connectivity index (χ2v) is 8.81. The second-order valence-electron chi connectivity index (χ2n) is 8.40.